The van der Waals surface area contributed by atoms with Gasteiger partial charge in [0.2, 0.25) is 0 Å². The lowest BCUT2D eigenvalue weighted by Gasteiger charge is -2.45. The van der Waals surface area contributed by atoms with Gasteiger partial charge in [0, 0.05) is 11.3 Å². The molecule has 1 aliphatic carbocycles. The average Bonchev–Trinajstić information content (AvgIpc) is 2.49. The van der Waals surface area contributed by atoms with Gasteiger partial charge in [-0.3, -0.25) is 10.1 Å². The molecule has 1 N–H and O–H groups in total. The fourth-order valence-electron chi connectivity index (χ4n) is 3.79. The Balaban J connectivity index is 2.10. The van der Waals surface area contributed by atoms with Crippen LogP contribution in [0.1, 0.15) is 31.2 Å². The Labute approximate surface area is 123 Å². The van der Waals surface area contributed by atoms with E-state index in [-0.39, 0.29) is 29.8 Å². The Hall–Kier alpha value is -1.72. The van der Waals surface area contributed by atoms with Crippen LogP contribution in [0.15, 0.2) is 42.0 Å². The number of nitrogens with zero attached hydrogens (tertiary/aromatic N) is 1. The van der Waals surface area contributed by atoms with Gasteiger partial charge in [-0.25, -0.2) is 0 Å². The van der Waals surface area contributed by atoms with Crippen LogP contribution in [0.5, 0.6) is 0 Å². The van der Waals surface area contributed by atoms with E-state index in [9.17, 15) is 15.2 Å². The van der Waals surface area contributed by atoms with Crippen molar-refractivity contribution < 1.29 is 14.8 Å². The Morgan fingerprint density at radius 3 is 2.71 bits per heavy atom. The van der Waals surface area contributed by atoms with Crippen molar-refractivity contribution in [2.45, 2.75) is 37.5 Å². The van der Waals surface area contributed by atoms with Gasteiger partial charge in [-0.05, 0) is 18.9 Å². The largest absolute Gasteiger partial charge is 0.368 e. The highest BCUT2D eigenvalue weighted by atomic mass is 16.6. The zero-order chi connectivity index (χ0) is 15.0. The minimum atomic E-state index is -1.18. The van der Waals surface area contributed by atoms with E-state index in [0.29, 0.717) is 6.42 Å². The second-order valence-electron chi connectivity index (χ2n) is 5.95. The van der Waals surface area contributed by atoms with E-state index in [1.165, 1.54) is 0 Å². The standard InChI is InChI=1S/C16H19NO4/c1-11-7-8-13(12-5-3-2-4-6-12)16(17(19)20)10-21-15(18)9-14(11)16/h2-7,13-15,18H,8-10H2,1H3/t13-,14-,15-,16-/m0/s1. The normalized spacial score (nSPS) is 35.7. The zero-order valence-electron chi connectivity index (χ0n) is 11.9. The van der Waals surface area contributed by atoms with Gasteiger partial charge in [0.15, 0.2) is 6.29 Å². The number of benzene rings is 1. The van der Waals surface area contributed by atoms with Crippen molar-refractivity contribution in [3.63, 3.8) is 0 Å². The summed E-state index contributed by atoms with van der Waals surface area (Å²) < 4.78 is 5.30. The third kappa shape index (κ3) is 2.17. The lowest BCUT2D eigenvalue weighted by atomic mass is 9.62. The number of hydrogen-bond donors (Lipinski definition) is 1. The number of allylic oxidation sites excluding steroid dienone is 1. The first-order valence-electron chi connectivity index (χ1n) is 7.21. The molecule has 4 atom stereocenters. The first-order chi connectivity index (χ1) is 10.1. The van der Waals surface area contributed by atoms with Crippen LogP contribution < -0.4 is 0 Å². The summed E-state index contributed by atoms with van der Waals surface area (Å²) >= 11 is 0. The molecular weight excluding hydrogens is 270 g/mol. The van der Waals surface area contributed by atoms with Crippen molar-refractivity contribution in [1.29, 1.82) is 0 Å². The molecule has 1 aromatic rings. The van der Waals surface area contributed by atoms with Crippen molar-refractivity contribution in [2.24, 2.45) is 5.92 Å². The average molecular weight is 289 g/mol. The number of fused-ring (bicyclic) bond motifs is 1. The SMILES string of the molecule is CC1=CC[C@@H](c2ccccc2)[C@@]2([N+](=O)[O-])CO[C@H](O)C[C@@H]12. The third-order valence-electron chi connectivity index (χ3n) is 4.92. The molecule has 0 unspecified atom stereocenters. The Morgan fingerprint density at radius 1 is 1.33 bits per heavy atom. The zero-order valence-corrected chi connectivity index (χ0v) is 11.9. The molecule has 1 fully saturated rings. The molecule has 0 aromatic heterocycles. The van der Waals surface area contributed by atoms with Crippen molar-refractivity contribution in [2.75, 3.05) is 6.61 Å². The number of nitro groups is 1. The third-order valence-corrected chi connectivity index (χ3v) is 4.92. The van der Waals surface area contributed by atoms with E-state index < -0.39 is 11.8 Å². The van der Waals surface area contributed by atoms with E-state index >= 15 is 0 Å². The quantitative estimate of drug-likeness (QED) is 0.516. The predicted octanol–water partition coefficient (Wildman–Crippen LogP) is 2.49. The van der Waals surface area contributed by atoms with Crippen LogP contribution in [-0.2, 0) is 4.74 Å². The van der Waals surface area contributed by atoms with Crippen molar-refractivity contribution >= 4 is 0 Å². The molecule has 3 rings (SSSR count). The van der Waals surface area contributed by atoms with Crippen molar-refractivity contribution in [3.8, 4) is 0 Å². The number of ether oxygens (including phenoxy) is 1. The Bertz CT molecular complexity index is 571. The number of rotatable bonds is 2. The molecule has 2 aliphatic rings. The predicted molar refractivity (Wildman–Crippen MR) is 77.3 cm³/mol. The summed E-state index contributed by atoms with van der Waals surface area (Å²) in [5.41, 5.74) is 0.767. The van der Waals surface area contributed by atoms with Crippen LogP contribution >= 0.6 is 0 Å². The number of aliphatic hydroxyl groups is 1. The summed E-state index contributed by atoms with van der Waals surface area (Å²) in [7, 11) is 0. The molecule has 0 spiro atoms. The van der Waals surface area contributed by atoms with Gasteiger partial charge in [-0.15, -0.1) is 0 Å². The Morgan fingerprint density at radius 2 is 2.05 bits per heavy atom. The molecular formula is C16H19NO4. The Kier molecular flexibility index (Phi) is 3.55. The maximum atomic E-state index is 12.0. The van der Waals surface area contributed by atoms with Crippen molar-refractivity contribution in [1.82, 2.24) is 0 Å². The molecule has 0 amide bonds. The van der Waals surface area contributed by atoms with E-state index in [1.807, 2.05) is 37.3 Å². The van der Waals surface area contributed by atoms with E-state index in [0.717, 1.165) is 11.1 Å². The summed E-state index contributed by atoms with van der Waals surface area (Å²) in [6.07, 6.45) is 2.07. The lowest BCUT2D eigenvalue weighted by molar-refractivity contribution is -0.597. The maximum absolute atomic E-state index is 12.0. The van der Waals surface area contributed by atoms with Gasteiger partial charge < -0.3 is 9.84 Å². The van der Waals surface area contributed by atoms with Crippen LogP contribution in [0.3, 0.4) is 0 Å². The van der Waals surface area contributed by atoms with Gasteiger partial charge in [0.25, 0.3) is 5.54 Å². The molecule has 1 heterocycles. The fraction of sp³-hybridized carbons (Fsp3) is 0.500. The van der Waals surface area contributed by atoms with E-state index in [1.54, 1.807) is 0 Å². The van der Waals surface area contributed by atoms with Crippen LogP contribution in [0.4, 0.5) is 0 Å². The summed E-state index contributed by atoms with van der Waals surface area (Å²) in [5, 5.41) is 21.7. The second kappa shape index (κ2) is 5.24. The molecule has 1 aromatic carbocycles. The summed E-state index contributed by atoms with van der Waals surface area (Å²) in [4.78, 5) is 11.8. The van der Waals surface area contributed by atoms with Crippen LogP contribution in [0, 0.1) is 16.0 Å². The number of aliphatic hydroxyl groups excluding tert-OH is 1. The first kappa shape index (κ1) is 14.2. The smallest absolute Gasteiger partial charge is 0.258 e. The highest BCUT2D eigenvalue weighted by Crippen LogP contribution is 2.50. The summed E-state index contributed by atoms with van der Waals surface area (Å²) in [6, 6.07) is 9.59. The molecule has 5 heteroatoms. The van der Waals surface area contributed by atoms with E-state index in [2.05, 4.69) is 6.08 Å². The lowest BCUT2D eigenvalue weighted by Crippen LogP contribution is -2.60. The molecule has 0 bridgehead atoms. The number of hydrogen-bond acceptors (Lipinski definition) is 4. The molecule has 5 nitrogen and oxygen atoms in total. The molecule has 0 saturated carbocycles. The summed E-state index contributed by atoms with van der Waals surface area (Å²) in [5.74, 6) is -0.509. The minimum Gasteiger partial charge on any atom is -0.368 e. The highest BCUT2D eigenvalue weighted by molar-refractivity contribution is 5.31. The monoisotopic (exact) mass is 289 g/mol. The van der Waals surface area contributed by atoms with Gasteiger partial charge in [0.05, 0.1) is 11.8 Å². The second-order valence-corrected chi connectivity index (χ2v) is 5.95. The molecule has 1 saturated heterocycles. The fourth-order valence-corrected chi connectivity index (χ4v) is 3.79. The highest BCUT2D eigenvalue weighted by Gasteiger charge is 2.61. The van der Waals surface area contributed by atoms with Crippen LogP contribution in [0.2, 0.25) is 0 Å². The van der Waals surface area contributed by atoms with Gasteiger partial charge in [-0.2, -0.15) is 0 Å². The summed E-state index contributed by atoms with van der Waals surface area (Å²) in [6.45, 7) is 1.87. The first-order valence-corrected chi connectivity index (χ1v) is 7.21. The van der Waals surface area contributed by atoms with Crippen LogP contribution in [0.25, 0.3) is 0 Å². The van der Waals surface area contributed by atoms with E-state index in [4.69, 9.17) is 4.74 Å². The molecule has 112 valence electrons. The van der Waals surface area contributed by atoms with Gasteiger partial charge in [0.1, 0.15) is 6.61 Å². The van der Waals surface area contributed by atoms with Crippen LogP contribution in [-0.4, -0.2) is 28.5 Å². The topological polar surface area (TPSA) is 72.6 Å². The molecule has 21 heavy (non-hydrogen) atoms. The van der Waals surface area contributed by atoms with Gasteiger partial charge in [-0.1, -0.05) is 42.0 Å². The maximum Gasteiger partial charge on any atom is 0.258 e. The molecule has 0 radical (unpaired) electrons. The van der Waals surface area contributed by atoms with Crippen molar-refractivity contribution in [3.05, 3.63) is 57.7 Å². The minimum absolute atomic E-state index is 0.0451. The van der Waals surface area contributed by atoms with Gasteiger partial charge >= 0.3 is 0 Å². The molecule has 1 aliphatic heterocycles.